The number of rotatable bonds is 4. The van der Waals surface area contributed by atoms with Gasteiger partial charge in [0, 0.05) is 17.9 Å². The number of benzene rings is 1. The van der Waals surface area contributed by atoms with Crippen LogP contribution < -0.4 is 5.32 Å². The summed E-state index contributed by atoms with van der Waals surface area (Å²) in [6.45, 7) is -0.0835. The molecule has 0 radical (unpaired) electrons. The molecule has 1 amide bonds. The predicted molar refractivity (Wildman–Crippen MR) is 62.0 cm³/mol. The lowest BCUT2D eigenvalue weighted by Gasteiger charge is -2.07. The van der Waals surface area contributed by atoms with Crippen molar-refractivity contribution in [1.29, 1.82) is 5.26 Å². The van der Waals surface area contributed by atoms with Crippen LogP contribution in [0.25, 0.3) is 0 Å². The van der Waals surface area contributed by atoms with Crippen LogP contribution in [0.1, 0.15) is 15.9 Å². The van der Waals surface area contributed by atoms with Crippen molar-refractivity contribution in [2.75, 3.05) is 12.3 Å². The average Bonchev–Trinajstić information content (AvgIpc) is 2.33. The Kier molecular flexibility index (Phi) is 5.04. The van der Waals surface area contributed by atoms with E-state index in [0.29, 0.717) is 5.56 Å². The molecule has 0 saturated heterocycles. The van der Waals surface area contributed by atoms with Gasteiger partial charge < -0.3 is 5.32 Å². The van der Waals surface area contributed by atoms with E-state index in [4.69, 9.17) is 5.26 Å². The number of nitrogens with one attached hydrogen (secondary N) is 1. The van der Waals surface area contributed by atoms with Gasteiger partial charge in [0.1, 0.15) is 0 Å². The number of alkyl halides is 3. The summed E-state index contributed by atoms with van der Waals surface area (Å²) in [4.78, 5) is 11.5. The predicted octanol–water partition coefficient (Wildman–Crippen LogP) is 2.54. The molecule has 1 N–H and O–H groups in total. The van der Waals surface area contributed by atoms with Gasteiger partial charge in [-0.2, -0.15) is 18.4 Å². The Morgan fingerprint density at radius 3 is 2.78 bits per heavy atom. The lowest BCUT2D eigenvalue weighted by molar-refractivity contribution is -0.0327. The molecule has 0 bridgehead atoms. The topological polar surface area (TPSA) is 52.9 Å². The van der Waals surface area contributed by atoms with E-state index < -0.39 is 11.4 Å². The van der Waals surface area contributed by atoms with Gasteiger partial charge in [0.15, 0.2) is 0 Å². The summed E-state index contributed by atoms with van der Waals surface area (Å²) in [5.41, 5.74) is -3.70. The van der Waals surface area contributed by atoms with Gasteiger partial charge in [-0.15, -0.1) is 0 Å². The SMILES string of the molecule is N#Cc1cccc(C(=O)NCCSC(F)(F)F)c1. The van der Waals surface area contributed by atoms with Crippen LogP contribution in [0.2, 0.25) is 0 Å². The zero-order chi connectivity index (χ0) is 13.6. The fraction of sp³-hybridized carbons (Fsp3) is 0.273. The average molecular weight is 274 g/mol. The number of halogens is 3. The summed E-state index contributed by atoms with van der Waals surface area (Å²) in [5.74, 6) is -0.734. The first kappa shape index (κ1) is 14.4. The van der Waals surface area contributed by atoms with Crippen molar-refractivity contribution < 1.29 is 18.0 Å². The maximum Gasteiger partial charge on any atom is 0.441 e. The number of thioether (sulfide) groups is 1. The molecule has 7 heteroatoms. The van der Waals surface area contributed by atoms with E-state index in [1.807, 2.05) is 6.07 Å². The van der Waals surface area contributed by atoms with Crippen molar-refractivity contribution in [2.45, 2.75) is 5.51 Å². The highest BCUT2D eigenvalue weighted by Gasteiger charge is 2.27. The van der Waals surface area contributed by atoms with Crippen LogP contribution in [0.15, 0.2) is 24.3 Å². The molecule has 0 heterocycles. The molecular formula is C11H9F3N2OS. The Morgan fingerprint density at radius 1 is 1.44 bits per heavy atom. The van der Waals surface area contributed by atoms with Gasteiger partial charge in [-0.25, -0.2) is 0 Å². The van der Waals surface area contributed by atoms with Crippen LogP contribution in [-0.2, 0) is 0 Å². The molecule has 1 aromatic carbocycles. The number of hydrogen-bond acceptors (Lipinski definition) is 3. The summed E-state index contributed by atoms with van der Waals surface area (Å²) < 4.78 is 35.4. The zero-order valence-corrected chi connectivity index (χ0v) is 9.94. The number of carbonyl (C=O) groups is 1. The molecular weight excluding hydrogens is 265 g/mol. The van der Waals surface area contributed by atoms with Crippen molar-refractivity contribution in [2.24, 2.45) is 0 Å². The quantitative estimate of drug-likeness (QED) is 0.858. The highest BCUT2D eigenvalue weighted by Crippen LogP contribution is 2.29. The van der Waals surface area contributed by atoms with E-state index in [0.717, 1.165) is 0 Å². The number of hydrogen-bond donors (Lipinski definition) is 1. The Morgan fingerprint density at radius 2 is 2.17 bits per heavy atom. The van der Waals surface area contributed by atoms with E-state index in [-0.39, 0.29) is 29.6 Å². The number of amides is 1. The van der Waals surface area contributed by atoms with Gasteiger partial charge in [-0.3, -0.25) is 4.79 Å². The lowest BCUT2D eigenvalue weighted by atomic mass is 10.1. The maximum atomic E-state index is 11.8. The zero-order valence-electron chi connectivity index (χ0n) is 9.12. The third-order valence-electron chi connectivity index (χ3n) is 1.91. The van der Waals surface area contributed by atoms with Gasteiger partial charge in [-0.1, -0.05) is 6.07 Å². The molecule has 1 rings (SSSR count). The molecule has 96 valence electrons. The van der Waals surface area contributed by atoms with Crippen molar-refractivity contribution in [3.05, 3.63) is 35.4 Å². The molecule has 0 aromatic heterocycles. The first-order valence-electron chi connectivity index (χ1n) is 4.91. The minimum absolute atomic E-state index is 0.0835. The van der Waals surface area contributed by atoms with Gasteiger partial charge in [0.2, 0.25) is 0 Å². The molecule has 0 unspecified atom stereocenters. The van der Waals surface area contributed by atoms with Crippen LogP contribution in [0.3, 0.4) is 0 Å². The summed E-state index contributed by atoms with van der Waals surface area (Å²) >= 11 is -0.189. The fourth-order valence-electron chi connectivity index (χ4n) is 1.16. The summed E-state index contributed by atoms with van der Waals surface area (Å²) in [7, 11) is 0. The first-order valence-corrected chi connectivity index (χ1v) is 5.90. The highest BCUT2D eigenvalue weighted by atomic mass is 32.2. The number of carbonyl (C=O) groups excluding carboxylic acids is 1. The molecule has 3 nitrogen and oxygen atoms in total. The smallest absolute Gasteiger partial charge is 0.351 e. The lowest BCUT2D eigenvalue weighted by Crippen LogP contribution is -2.26. The fourth-order valence-corrected chi connectivity index (χ4v) is 1.60. The van der Waals surface area contributed by atoms with Crippen LogP contribution in [0, 0.1) is 11.3 Å². The largest absolute Gasteiger partial charge is 0.441 e. The van der Waals surface area contributed by atoms with E-state index in [1.165, 1.54) is 24.3 Å². The van der Waals surface area contributed by atoms with Gasteiger partial charge >= 0.3 is 5.51 Å². The van der Waals surface area contributed by atoms with E-state index in [1.54, 1.807) is 0 Å². The molecule has 0 aliphatic rings. The Labute approximate surface area is 106 Å². The van der Waals surface area contributed by atoms with Crippen LogP contribution in [0.4, 0.5) is 13.2 Å². The van der Waals surface area contributed by atoms with Crippen LogP contribution in [-0.4, -0.2) is 23.7 Å². The van der Waals surface area contributed by atoms with Crippen molar-refractivity contribution in [1.82, 2.24) is 5.32 Å². The van der Waals surface area contributed by atoms with Gasteiger partial charge in [0.05, 0.1) is 11.6 Å². The second kappa shape index (κ2) is 6.31. The van der Waals surface area contributed by atoms with E-state index in [9.17, 15) is 18.0 Å². The van der Waals surface area contributed by atoms with Crippen LogP contribution in [0.5, 0.6) is 0 Å². The second-order valence-electron chi connectivity index (χ2n) is 3.24. The van der Waals surface area contributed by atoms with Crippen molar-refractivity contribution in [3.63, 3.8) is 0 Å². The summed E-state index contributed by atoms with van der Waals surface area (Å²) in [5, 5.41) is 11.0. The summed E-state index contributed by atoms with van der Waals surface area (Å²) in [6.07, 6.45) is 0. The molecule has 18 heavy (non-hydrogen) atoms. The van der Waals surface area contributed by atoms with Gasteiger partial charge in [0.25, 0.3) is 5.91 Å². The minimum Gasteiger partial charge on any atom is -0.351 e. The van der Waals surface area contributed by atoms with Crippen molar-refractivity contribution in [3.8, 4) is 6.07 Å². The molecule has 0 atom stereocenters. The highest BCUT2D eigenvalue weighted by molar-refractivity contribution is 8.00. The number of nitrogens with zero attached hydrogens (tertiary/aromatic N) is 1. The molecule has 0 saturated carbocycles. The third kappa shape index (κ3) is 5.10. The first-order chi connectivity index (χ1) is 8.42. The Balaban J connectivity index is 2.44. The number of nitriles is 1. The molecule has 0 aliphatic heterocycles. The monoisotopic (exact) mass is 274 g/mol. The van der Waals surface area contributed by atoms with E-state index >= 15 is 0 Å². The van der Waals surface area contributed by atoms with Gasteiger partial charge in [-0.05, 0) is 30.0 Å². The van der Waals surface area contributed by atoms with Crippen molar-refractivity contribution >= 4 is 17.7 Å². The van der Waals surface area contributed by atoms with E-state index in [2.05, 4.69) is 5.32 Å². The minimum atomic E-state index is -4.29. The van der Waals surface area contributed by atoms with Crippen LogP contribution >= 0.6 is 11.8 Å². The third-order valence-corrected chi connectivity index (χ3v) is 2.64. The molecule has 0 aliphatic carbocycles. The standard InChI is InChI=1S/C11H9F3N2OS/c12-11(13,14)18-5-4-16-10(17)9-3-1-2-8(6-9)7-15/h1-3,6H,4-5H2,(H,16,17). The Bertz CT molecular complexity index is 468. The molecule has 1 aromatic rings. The maximum absolute atomic E-state index is 11.8. The normalized spacial score (nSPS) is 10.8. The molecule has 0 fully saturated rings. The Hall–Kier alpha value is -1.68. The summed E-state index contributed by atoms with van der Waals surface area (Å²) in [6, 6.07) is 7.83. The second-order valence-corrected chi connectivity index (χ2v) is 4.40. The molecule has 0 spiro atoms.